The Labute approximate surface area is 134 Å². The van der Waals surface area contributed by atoms with Gasteiger partial charge in [-0.25, -0.2) is 9.37 Å². The number of anilines is 1. The number of rotatable bonds is 4. The van der Waals surface area contributed by atoms with E-state index in [1.165, 1.54) is 29.5 Å². The van der Waals surface area contributed by atoms with Gasteiger partial charge in [-0.3, -0.25) is 10.1 Å². The second kappa shape index (κ2) is 6.53. The van der Waals surface area contributed by atoms with Crippen LogP contribution < -0.4 is 10.1 Å². The fourth-order valence-corrected chi connectivity index (χ4v) is 2.81. The average molecular weight is 373 g/mol. The van der Waals surface area contributed by atoms with E-state index in [1.54, 1.807) is 6.92 Å². The average Bonchev–Trinajstić information content (AvgIpc) is 2.71. The third-order valence-electron chi connectivity index (χ3n) is 2.83. The number of nitrogens with zero attached hydrogens (tertiary/aromatic N) is 1. The van der Waals surface area contributed by atoms with Crippen LogP contribution >= 0.6 is 27.3 Å². The summed E-state index contributed by atoms with van der Waals surface area (Å²) < 4.78 is 19.0. The molecular formula is C14H14BrFN2O2S. The third kappa shape index (κ3) is 4.01. The summed E-state index contributed by atoms with van der Waals surface area (Å²) in [5, 5.41) is 3.25. The van der Waals surface area contributed by atoms with Gasteiger partial charge < -0.3 is 4.74 Å². The number of hydrogen-bond acceptors (Lipinski definition) is 4. The maximum Gasteiger partial charge on any atom is 0.266 e. The van der Waals surface area contributed by atoms with E-state index in [2.05, 4.69) is 26.2 Å². The number of carbonyl (C=O) groups is 1. The molecule has 2 aromatic rings. The van der Waals surface area contributed by atoms with Gasteiger partial charge in [0.1, 0.15) is 11.6 Å². The monoisotopic (exact) mass is 372 g/mol. The summed E-state index contributed by atoms with van der Waals surface area (Å²) in [4.78, 5) is 17.4. The highest BCUT2D eigenvalue weighted by Crippen LogP contribution is 2.27. The zero-order chi connectivity index (χ0) is 15.6. The van der Waals surface area contributed by atoms with Gasteiger partial charge in [0.15, 0.2) is 11.2 Å². The zero-order valence-corrected chi connectivity index (χ0v) is 14.1. The van der Waals surface area contributed by atoms with Crippen molar-refractivity contribution in [2.75, 3.05) is 5.32 Å². The Morgan fingerprint density at radius 3 is 2.76 bits per heavy atom. The Hall–Kier alpha value is -1.47. The van der Waals surface area contributed by atoms with Gasteiger partial charge in [-0.1, -0.05) is 0 Å². The second-order valence-electron chi connectivity index (χ2n) is 4.48. The van der Waals surface area contributed by atoms with Gasteiger partial charge in [-0.15, -0.1) is 11.3 Å². The van der Waals surface area contributed by atoms with Crippen molar-refractivity contribution < 1.29 is 13.9 Å². The molecule has 0 fully saturated rings. The number of halogens is 2. The summed E-state index contributed by atoms with van der Waals surface area (Å²) in [5.41, 5.74) is 0.894. The molecule has 0 aliphatic heterocycles. The lowest BCUT2D eigenvalue weighted by atomic mass is 10.3. The number of benzene rings is 1. The predicted molar refractivity (Wildman–Crippen MR) is 84.4 cm³/mol. The van der Waals surface area contributed by atoms with Crippen LogP contribution in [0, 0.1) is 19.7 Å². The number of hydrogen-bond donors (Lipinski definition) is 1. The first-order chi connectivity index (χ1) is 9.86. The molecule has 7 heteroatoms. The SMILES string of the molecule is Cc1nc(NC(=O)C(C)Oc2ccc(F)cc2Br)sc1C. The first kappa shape index (κ1) is 15.9. The minimum absolute atomic E-state index is 0.306. The Bertz CT molecular complexity index is 655. The Balaban J connectivity index is 2.02. The van der Waals surface area contributed by atoms with Gasteiger partial charge in [0, 0.05) is 4.88 Å². The molecule has 1 aromatic heterocycles. The smallest absolute Gasteiger partial charge is 0.266 e. The lowest BCUT2D eigenvalue weighted by Crippen LogP contribution is -2.30. The quantitative estimate of drug-likeness (QED) is 0.879. The highest BCUT2D eigenvalue weighted by Gasteiger charge is 2.18. The van der Waals surface area contributed by atoms with Crippen LogP contribution in [0.3, 0.4) is 0 Å². The molecule has 0 aliphatic rings. The standard InChI is InChI=1S/C14H14BrFN2O2S/c1-7-9(3)21-14(17-7)18-13(19)8(2)20-12-5-4-10(16)6-11(12)15/h4-6,8H,1-3H3,(H,17,18,19). The Morgan fingerprint density at radius 2 is 2.19 bits per heavy atom. The van der Waals surface area contributed by atoms with Crippen LogP contribution in [-0.4, -0.2) is 17.0 Å². The molecule has 1 atom stereocenters. The summed E-state index contributed by atoms with van der Waals surface area (Å²) in [5.74, 6) is -0.273. The highest BCUT2D eigenvalue weighted by molar-refractivity contribution is 9.10. The highest BCUT2D eigenvalue weighted by atomic mass is 79.9. The van der Waals surface area contributed by atoms with Crippen molar-refractivity contribution in [1.29, 1.82) is 0 Å². The summed E-state index contributed by atoms with van der Waals surface area (Å²) in [6.07, 6.45) is -0.726. The fraction of sp³-hybridized carbons (Fsp3) is 0.286. The summed E-state index contributed by atoms with van der Waals surface area (Å²) in [6.45, 7) is 5.45. The van der Waals surface area contributed by atoms with Gasteiger partial charge in [-0.2, -0.15) is 0 Å². The lowest BCUT2D eigenvalue weighted by Gasteiger charge is -2.14. The van der Waals surface area contributed by atoms with Crippen LogP contribution in [0.5, 0.6) is 5.75 Å². The van der Waals surface area contributed by atoms with E-state index >= 15 is 0 Å². The summed E-state index contributed by atoms with van der Waals surface area (Å²) in [7, 11) is 0. The van der Waals surface area contributed by atoms with Gasteiger partial charge in [0.2, 0.25) is 0 Å². The molecule has 0 saturated heterocycles. The van der Waals surface area contributed by atoms with E-state index in [4.69, 9.17) is 4.74 Å². The third-order valence-corrected chi connectivity index (χ3v) is 4.43. The van der Waals surface area contributed by atoms with Crippen LogP contribution in [0.4, 0.5) is 9.52 Å². The molecule has 1 N–H and O–H groups in total. The van der Waals surface area contributed by atoms with Crippen molar-refractivity contribution in [3.63, 3.8) is 0 Å². The first-order valence-corrected chi connectivity index (χ1v) is 7.84. The molecule has 0 bridgehead atoms. The number of carbonyl (C=O) groups excluding carboxylic acids is 1. The molecule has 1 aromatic carbocycles. The van der Waals surface area contributed by atoms with Crippen LogP contribution in [0.15, 0.2) is 22.7 Å². The molecule has 2 rings (SSSR count). The van der Waals surface area contributed by atoms with Crippen molar-refractivity contribution in [2.24, 2.45) is 0 Å². The molecule has 1 unspecified atom stereocenters. The van der Waals surface area contributed by atoms with E-state index in [0.29, 0.717) is 15.4 Å². The summed E-state index contributed by atoms with van der Waals surface area (Å²) in [6, 6.07) is 4.03. The fourth-order valence-electron chi connectivity index (χ4n) is 1.55. The van der Waals surface area contributed by atoms with Gasteiger partial charge >= 0.3 is 0 Å². The van der Waals surface area contributed by atoms with Crippen LogP contribution in [0.25, 0.3) is 0 Å². The van der Waals surface area contributed by atoms with Crippen molar-refractivity contribution >= 4 is 38.3 Å². The van der Waals surface area contributed by atoms with Crippen LogP contribution in [0.2, 0.25) is 0 Å². The van der Waals surface area contributed by atoms with Gasteiger partial charge in [0.25, 0.3) is 5.91 Å². The van der Waals surface area contributed by atoms with Crippen molar-refractivity contribution in [1.82, 2.24) is 4.98 Å². The van der Waals surface area contributed by atoms with Crippen molar-refractivity contribution in [2.45, 2.75) is 26.9 Å². The number of thiazole rings is 1. The summed E-state index contributed by atoms with van der Waals surface area (Å²) >= 11 is 4.61. The second-order valence-corrected chi connectivity index (χ2v) is 6.54. The van der Waals surface area contributed by atoms with Crippen molar-refractivity contribution in [3.8, 4) is 5.75 Å². The van der Waals surface area contributed by atoms with Crippen molar-refractivity contribution in [3.05, 3.63) is 39.1 Å². The number of nitrogens with one attached hydrogen (secondary N) is 1. The molecule has 0 saturated carbocycles. The minimum atomic E-state index is -0.726. The molecule has 0 aliphatic carbocycles. The molecular weight excluding hydrogens is 359 g/mol. The van der Waals surface area contributed by atoms with E-state index in [0.717, 1.165) is 10.6 Å². The predicted octanol–water partition coefficient (Wildman–Crippen LogP) is 4.07. The molecule has 21 heavy (non-hydrogen) atoms. The lowest BCUT2D eigenvalue weighted by molar-refractivity contribution is -0.122. The maximum absolute atomic E-state index is 13.0. The first-order valence-electron chi connectivity index (χ1n) is 6.23. The van der Waals surface area contributed by atoms with E-state index < -0.39 is 6.10 Å². The van der Waals surface area contributed by atoms with E-state index in [-0.39, 0.29) is 11.7 Å². The number of ether oxygens (including phenoxy) is 1. The zero-order valence-electron chi connectivity index (χ0n) is 11.7. The van der Waals surface area contributed by atoms with Crippen LogP contribution in [-0.2, 0) is 4.79 Å². The molecule has 112 valence electrons. The molecule has 0 spiro atoms. The van der Waals surface area contributed by atoms with Gasteiger partial charge in [-0.05, 0) is 54.9 Å². The molecule has 1 heterocycles. The number of aromatic nitrogens is 1. The Morgan fingerprint density at radius 1 is 1.48 bits per heavy atom. The molecule has 1 amide bonds. The topological polar surface area (TPSA) is 51.2 Å². The maximum atomic E-state index is 13.0. The number of aryl methyl sites for hydroxylation is 2. The minimum Gasteiger partial charge on any atom is -0.480 e. The largest absolute Gasteiger partial charge is 0.480 e. The Kier molecular flexibility index (Phi) is 4.95. The number of amides is 1. The van der Waals surface area contributed by atoms with Gasteiger partial charge in [0.05, 0.1) is 10.2 Å². The van der Waals surface area contributed by atoms with E-state index in [1.807, 2.05) is 13.8 Å². The molecule has 0 radical (unpaired) electrons. The van der Waals surface area contributed by atoms with Crippen LogP contribution in [0.1, 0.15) is 17.5 Å². The van der Waals surface area contributed by atoms with E-state index in [9.17, 15) is 9.18 Å². The normalized spacial score (nSPS) is 12.0. The molecule has 4 nitrogen and oxygen atoms in total.